The van der Waals surface area contributed by atoms with Gasteiger partial charge >= 0.3 is 0 Å². The molecule has 0 spiro atoms. The van der Waals surface area contributed by atoms with E-state index in [-0.39, 0.29) is 5.92 Å². The standard InChI is InChI=1S/C21H16N4S/c1-13(15-7-3-2-4-8-15)18-11-17-19(23)24-20(25-21(17)26-18)16-9-5-6-14(10-16)12-22/h2-11,13H,1H3,(H2,23,24,25). The van der Waals surface area contributed by atoms with Gasteiger partial charge in [0.15, 0.2) is 5.82 Å². The Balaban J connectivity index is 1.79. The van der Waals surface area contributed by atoms with Crippen molar-refractivity contribution < 1.29 is 0 Å². The van der Waals surface area contributed by atoms with Gasteiger partial charge in [0.25, 0.3) is 0 Å². The molecule has 4 rings (SSSR count). The molecule has 2 aromatic carbocycles. The number of fused-ring (bicyclic) bond motifs is 1. The molecule has 4 nitrogen and oxygen atoms in total. The lowest BCUT2D eigenvalue weighted by Gasteiger charge is -2.08. The van der Waals surface area contributed by atoms with Gasteiger partial charge in [-0.2, -0.15) is 5.26 Å². The van der Waals surface area contributed by atoms with Crippen LogP contribution in [0.3, 0.4) is 0 Å². The van der Waals surface area contributed by atoms with Crippen molar-refractivity contribution in [2.75, 3.05) is 5.73 Å². The van der Waals surface area contributed by atoms with Crippen molar-refractivity contribution in [3.05, 3.63) is 76.7 Å². The minimum absolute atomic E-state index is 0.264. The molecule has 0 aliphatic carbocycles. The van der Waals surface area contributed by atoms with Crippen LogP contribution < -0.4 is 5.73 Å². The fourth-order valence-electron chi connectivity index (χ4n) is 2.94. The zero-order valence-corrected chi connectivity index (χ0v) is 15.0. The molecule has 0 amide bonds. The van der Waals surface area contributed by atoms with Crippen LogP contribution in [-0.4, -0.2) is 9.97 Å². The Morgan fingerprint density at radius 1 is 1.04 bits per heavy atom. The quantitative estimate of drug-likeness (QED) is 0.563. The lowest BCUT2D eigenvalue weighted by Crippen LogP contribution is -1.96. The second-order valence-electron chi connectivity index (χ2n) is 6.13. The van der Waals surface area contributed by atoms with Gasteiger partial charge in [-0.3, -0.25) is 0 Å². The molecule has 26 heavy (non-hydrogen) atoms. The highest BCUT2D eigenvalue weighted by Crippen LogP contribution is 2.36. The Bertz CT molecular complexity index is 1130. The van der Waals surface area contributed by atoms with Crippen LogP contribution in [0.5, 0.6) is 0 Å². The Kier molecular flexibility index (Phi) is 4.11. The maximum Gasteiger partial charge on any atom is 0.163 e. The molecule has 4 aromatic rings. The molecule has 2 aromatic heterocycles. The third-order valence-electron chi connectivity index (χ3n) is 4.42. The molecule has 2 N–H and O–H groups in total. The highest BCUT2D eigenvalue weighted by molar-refractivity contribution is 7.18. The Morgan fingerprint density at radius 3 is 2.62 bits per heavy atom. The molecule has 0 saturated carbocycles. The summed E-state index contributed by atoms with van der Waals surface area (Å²) < 4.78 is 0. The first-order valence-electron chi connectivity index (χ1n) is 8.28. The number of nitriles is 1. The highest BCUT2D eigenvalue weighted by atomic mass is 32.1. The van der Waals surface area contributed by atoms with Gasteiger partial charge in [0, 0.05) is 16.4 Å². The van der Waals surface area contributed by atoms with E-state index in [1.165, 1.54) is 10.4 Å². The van der Waals surface area contributed by atoms with Gasteiger partial charge in [0.2, 0.25) is 0 Å². The third-order valence-corrected chi connectivity index (χ3v) is 5.63. The summed E-state index contributed by atoms with van der Waals surface area (Å²) in [5, 5.41) is 9.98. The summed E-state index contributed by atoms with van der Waals surface area (Å²) in [7, 11) is 0. The number of hydrogen-bond acceptors (Lipinski definition) is 5. The zero-order chi connectivity index (χ0) is 18.1. The van der Waals surface area contributed by atoms with Gasteiger partial charge in [0.05, 0.1) is 17.0 Å². The lowest BCUT2D eigenvalue weighted by atomic mass is 9.99. The lowest BCUT2D eigenvalue weighted by molar-refractivity contribution is 0.949. The summed E-state index contributed by atoms with van der Waals surface area (Å²) in [6.45, 7) is 2.18. The van der Waals surface area contributed by atoms with E-state index in [2.05, 4.69) is 36.2 Å². The van der Waals surface area contributed by atoms with E-state index in [0.717, 1.165) is 15.8 Å². The first kappa shape index (κ1) is 16.2. The summed E-state index contributed by atoms with van der Waals surface area (Å²) in [5.74, 6) is 1.28. The van der Waals surface area contributed by atoms with Gasteiger partial charge in [-0.05, 0) is 23.8 Å². The maximum absolute atomic E-state index is 9.09. The Hall–Kier alpha value is -3.23. The molecule has 0 aliphatic rings. The average Bonchev–Trinajstić information content (AvgIpc) is 3.13. The summed E-state index contributed by atoms with van der Waals surface area (Å²) in [6, 6.07) is 21.9. The van der Waals surface area contributed by atoms with Crippen LogP contribution in [0.15, 0.2) is 60.7 Å². The SMILES string of the molecule is CC(c1ccccc1)c1cc2c(N)nc(-c3cccc(C#N)c3)nc2s1. The average molecular weight is 356 g/mol. The molecule has 1 atom stereocenters. The van der Waals surface area contributed by atoms with E-state index in [9.17, 15) is 0 Å². The second kappa shape index (κ2) is 6.58. The van der Waals surface area contributed by atoms with Crippen LogP contribution in [0.1, 0.15) is 28.8 Å². The zero-order valence-electron chi connectivity index (χ0n) is 14.2. The number of thiophene rings is 1. The van der Waals surface area contributed by atoms with E-state index in [1.54, 1.807) is 23.5 Å². The van der Waals surface area contributed by atoms with E-state index >= 15 is 0 Å². The first-order valence-corrected chi connectivity index (χ1v) is 9.10. The van der Waals surface area contributed by atoms with Crippen LogP contribution in [-0.2, 0) is 0 Å². The predicted octanol–water partition coefficient (Wildman–Crippen LogP) is 4.96. The molecular weight excluding hydrogens is 340 g/mol. The van der Waals surface area contributed by atoms with Crippen molar-refractivity contribution in [3.8, 4) is 17.5 Å². The van der Waals surface area contributed by atoms with Crippen LogP contribution in [0.2, 0.25) is 0 Å². The minimum Gasteiger partial charge on any atom is -0.383 e. The van der Waals surface area contributed by atoms with E-state index in [0.29, 0.717) is 17.2 Å². The number of rotatable bonds is 3. The topological polar surface area (TPSA) is 75.6 Å². The minimum atomic E-state index is 0.264. The van der Waals surface area contributed by atoms with Crippen LogP contribution in [0.25, 0.3) is 21.6 Å². The molecule has 5 heteroatoms. The first-order chi connectivity index (χ1) is 12.7. The van der Waals surface area contributed by atoms with Crippen molar-refractivity contribution >= 4 is 27.4 Å². The normalized spacial score (nSPS) is 12.0. The number of hydrogen-bond donors (Lipinski definition) is 1. The molecule has 126 valence electrons. The summed E-state index contributed by atoms with van der Waals surface area (Å²) in [4.78, 5) is 11.2. The van der Waals surface area contributed by atoms with Crippen LogP contribution >= 0.6 is 11.3 Å². The summed E-state index contributed by atoms with van der Waals surface area (Å²) in [5.41, 5.74) is 8.84. The van der Waals surface area contributed by atoms with E-state index < -0.39 is 0 Å². The van der Waals surface area contributed by atoms with Crippen molar-refractivity contribution in [1.82, 2.24) is 9.97 Å². The number of aromatic nitrogens is 2. The van der Waals surface area contributed by atoms with Crippen LogP contribution in [0.4, 0.5) is 5.82 Å². The largest absolute Gasteiger partial charge is 0.383 e. The highest BCUT2D eigenvalue weighted by Gasteiger charge is 2.16. The smallest absolute Gasteiger partial charge is 0.163 e. The van der Waals surface area contributed by atoms with Crippen molar-refractivity contribution in [2.45, 2.75) is 12.8 Å². The number of nitrogens with two attached hydrogens (primary N) is 1. The Morgan fingerprint density at radius 2 is 1.85 bits per heavy atom. The van der Waals surface area contributed by atoms with Gasteiger partial charge in [-0.1, -0.05) is 49.4 Å². The molecule has 0 bridgehead atoms. The molecule has 1 unspecified atom stereocenters. The Labute approximate surface area is 155 Å². The molecule has 2 heterocycles. The number of anilines is 1. The predicted molar refractivity (Wildman–Crippen MR) is 106 cm³/mol. The third kappa shape index (κ3) is 2.92. The van der Waals surface area contributed by atoms with Gasteiger partial charge in [0.1, 0.15) is 10.6 Å². The van der Waals surface area contributed by atoms with E-state index in [1.807, 2.05) is 30.3 Å². The fourth-order valence-corrected chi connectivity index (χ4v) is 4.06. The van der Waals surface area contributed by atoms with E-state index in [4.69, 9.17) is 16.0 Å². The summed E-state index contributed by atoms with van der Waals surface area (Å²) >= 11 is 1.64. The maximum atomic E-state index is 9.09. The monoisotopic (exact) mass is 356 g/mol. The van der Waals surface area contributed by atoms with Crippen molar-refractivity contribution in [2.24, 2.45) is 0 Å². The van der Waals surface area contributed by atoms with Crippen molar-refractivity contribution in [1.29, 1.82) is 5.26 Å². The molecular formula is C21H16N4S. The molecule has 0 radical (unpaired) electrons. The number of benzene rings is 2. The van der Waals surface area contributed by atoms with Gasteiger partial charge in [-0.15, -0.1) is 11.3 Å². The van der Waals surface area contributed by atoms with Crippen molar-refractivity contribution in [3.63, 3.8) is 0 Å². The number of nitrogens with zero attached hydrogens (tertiary/aromatic N) is 3. The fraction of sp³-hybridized carbons (Fsp3) is 0.0952. The summed E-state index contributed by atoms with van der Waals surface area (Å²) in [6.07, 6.45) is 0. The van der Waals surface area contributed by atoms with Crippen LogP contribution in [0, 0.1) is 11.3 Å². The second-order valence-corrected chi connectivity index (χ2v) is 7.19. The van der Waals surface area contributed by atoms with Gasteiger partial charge in [-0.25, -0.2) is 9.97 Å². The number of nitrogen functional groups attached to an aromatic ring is 1. The molecule has 0 saturated heterocycles. The van der Waals surface area contributed by atoms with Gasteiger partial charge < -0.3 is 5.73 Å². The molecule has 0 fully saturated rings. The molecule has 0 aliphatic heterocycles.